The van der Waals surface area contributed by atoms with E-state index in [0.29, 0.717) is 5.02 Å². The average Bonchev–Trinajstić information content (AvgIpc) is 2.79. The largest absolute Gasteiger partial charge is 0.378 e. The molecule has 0 atom stereocenters. The van der Waals surface area contributed by atoms with Crippen LogP contribution in [-0.4, -0.2) is 9.55 Å². The summed E-state index contributed by atoms with van der Waals surface area (Å²) in [5, 5.41) is 3.65. The zero-order chi connectivity index (χ0) is 13.1. The number of benzene rings is 1. The summed E-state index contributed by atoms with van der Waals surface area (Å²) in [6, 6.07) is 5.47. The van der Waals surface area contributed by atoms with Gasteiger partial charge >= 0.3 is 6.55 Å². The lowest BCUT2D eigenvalue weighted by molar-refractivity contribution is 0.0673. The molecule has 1 aromatic carbocycles. The van der Waals surface area contributed by atoms with Crippen LogP contribution in [0.4, 0.5) is 14.5 Å². The number of hydrogen-bond donors (Lipinski definition) is 1. The molecule has 96 valence electrons. The molecule has 0 amide bonds. The predicted molar refractivity (Wildman–Crippen MR) is 67.0 cm³/mol. The minimum Gasteiger partial charge on any atom is -0.378 e. The first kappa shape index (κ1) is 12.8. The number of anilines is 1. The molecular weight excluding hydrogens is 260 g/mol. The van der Waals surface area contributed by atoms with Crippen molar-refractivity contribution in [2.45, 2.75) is 20.0 Å². The Morgan fingerprint density at radius 2 is 2.22 bits per heavy atom. The van der Waals surface area contributed by atoms with Crippen molar-refractivity contribution in [3.05, 3.63) is 47.0 Å². The van der Waals surface area contributed by atoms with Crippen molar-refractivity contribution < 1.29 is 8.78 Å². The van der Waals surface area contributed by atoms with E-state index in [9.17, 15) is 8.78 Å². The second kappa shape index (κ2) is 5.35. The average molecular weight is 272 g/mol. The van der Waals surface area contributed by atoms with Gasteiger partial charge in [0.15, 0.2) is 0 Å². The second-order valence-corrected chi connectivity index (χ2v) is 4.25. The molecule has 2 rings (SSSR count). The van der Waals surface area contributed by atoms with Gasteiger partial charge in [-0.05, 0) is 24.6 Å². The van der Waals surface area contributed by atoms with Gasteiger partial charge in [-0.1, -0.05) is 17.7 Å². The van der Waals surface area contributed by atoms with Gasteiger partial charge in [-0.25, -0.2) is 4.98 Å². The fourth-order valence-electron chi connectivity index (χ4n) is 1.54. The minimum absolute atomic E-state index is 0.219. The lowest BCUT2D eigenvalue weighted by Gasteiger charge is -2.09. The van der Waals surface area contributed by atoms with E-state index in [-0.39, 0.29) is 12.4 Å². The van der Waals surface area contributed by atoms with Crippen LogP contribution in [0.1, 0.15) is 17.9 Å². The minimum atomic E-state index is -2.58. The van der Waals surface area contributed by atoms with Gasteiger partial charge in [0.05, 0.1) is 6.54 Å². The SMILES string of the molecule is Cc1ccc(NCc2nccn2C(F)F)cc1Cl. The van der Waals surface area contributed by atoms with Gasteiger partial charge in [0.25, 0.3) is 0 Å². The number of rotatable bonds is 4. The van der Waals surface area contributed by atoms with Gasteiger partial charge in [-0.2, -0.15) is 8.78 Å². The first-order chi connectivity index (χ1) is 8.58. The van der Waals surface area contributed by atoms with Crippen LogP contribution in [0.5, 0.6) is 0 Å². The molecule has 18 heavy (non-hydrogen) atoms. The summed E-state index contributed by atoms with van der Waals surface area (Å²) in [6.07, 6.45) is 2.61. The Labute approximate surface area is 108 Å². The summed E-state index contributed by atoms with van der Waals surface area (Å²) in [5.41, 5.74) is 1.74. The van der Waals surface area contributed by atoms with Gasteiger partial charge in [0, 0.05) is 23.1 Å². The lowest BCUT2D eigenvalue weighted by atomic mass is 10.2. The smallest absolute Gasteiger partial charge is 0.319 e. The van der Waals surface area contributed by atoms with Crippen LogP contribution < -0.4 is 5.32 Å². The molecule has 0 aliphatic carbocycles. The standard InChI is InChI=1S/C12H12ClF2N3/c1-8-2-3-9(6-10(8)13)17-7-11-16-4-5-18(11)12(14)15/h2-6,12,17H,7H2,1H3. The maximum Gasteiger partial charge on any atom is 0.319 e. The van der Waals surface area contributed by atoms with E-state index in [4.69, 9.17) is 11.6 Å². The maximum atomic E-state index is 12.6. The Kier molecular flexibility index (Phi) is 3.81. The predicted octanol–water partition coefficient (Wildman–Crippen LogP) is 3.85. The van der Waals surface area contributed by atoms with Crippen molar-refractivity contribution in [3.63, 3.8) is 0 Å². The summed E-state index contributed by atoms with van der Waals surface area (Å²) in [5.74, 6) is 0.279. The third kappa shape index (κ3) is 2.79. The van der Waals surface area contributed by atoms with E-state index in [1.54, 1.807) is 6.07 Å². The highest BCUT2D eigenvalue weighted by molar-refractivity contribution is 6.31. The van der Waals surface area contributed by atoms with Crippen LogP contribution in [0.2, 0.25) is 5.02 Å². The Balaban J connectivity index is 2.07. The highest BCUT2D eigenvalue weighted by Crippen LogP contribution is 2.20. The molecule has 0 saturated heterocycles. The van der Waals surface area contributed by atoms with E-state index in [2.05, 4.69) is 10.3 Å². The highest BCUT2D eigenvalue weighted by atomic mass is 35.5. The second-order valence-electron chi connectivity index (χ2n) is 3.85. The topological polar surface area (TPSA) is 29.9 Å². The molecule has 0 spiro atoms. The normalized spacial score (nSPS) is 10.9. The number of aromatic nitrogens is 2. The number of nitrogens with one attached hydrogen (secondary N) is 1. The fraction of sp³-hybridized carbons (Fsp3) is 0.250. The molecule has 0 radical (unpaired) electrons. The van der Waals surface area contributed by atoms with E-state index in [0.717, 1.165) is 15.8 Å². The molecule has 1 heterocycles. The molecule has 0 aliphatic heterocycles. The van der Waals surface area contributed by atoms with Crippen molar-refractivity contribution in [2.75, 3.05) is 5.32 Å². The monoisotopic (exact) mass is 271 g/mol. The first-order valence-corrected chi connectivity index (χ1v) is 5.75. The van der Waals surface area contributed by atoms with Gasteiger partial charge in [0.1, 0.15) is 5.82 Å². The quantitative estimate of drug-likeness (QED) is 0.915. The molecule has 2 aromatic rings. The van der Waals surface area contributed by atoms with Crippen LogP contribution in [0.15, 0.2) is 30.6 Å². The van der Waals surface area contributed by atoms with Gasteiger partial charge in [-0.15, -0.1) is 0 Å². The maximum absolute atomic E-state index is 12.6. The molecule has 0 fully saturated rings. The van der Waals surface area contributed by atoms with Crippen molar-refractivity contribution in [3.8, 4) is 0 Å². The summed E-state index contributed by atoms with van der Waals surface area (Å²) >= 11 is 5.98. The lowest BCUT2D eigenvalue weighted by Crippen LogP contribution is -2.09. The zero-order valence-electron chi connectivity index (χ0n) is 9.70. The number of halogens is 3. The molecule has 0 aliphatic rings. The summed E-state index contributed by atoms with van der Waals surface area (Å²) in [7, 11) is 0. The van der Waals surface area contributed by atoms with Crippen molar-refractivity contribution >= 4 is 17.3 Å². The van der Waals surface area contributed by atoms with Gasteiger partial charge in [-0.3, -0.25) is 4.57 Å². The van der Waals surface area contributed by atoms with Crippen molar-refractivity contribution in [1.82, 2.24) is 9.55 Å². The number of alkyl halides is 2. The van der Waals surface area contributed by atoms with Crippen molar-refractivity contribution in [2.24, 2.45) is 0 Å². The van der Waals surface area contributed by atoms with Gasteiger partial charge in [0.2, 0.25) is 0 Å². The van der Waals surface area contributed by atoms with Crippen LogP contribution in [0.3, 0.4) is 0 Å². The number of imidazole rings is 1. The molecule has 0 bridgehead atoms. The van der Waals surface area contributed by atoms with Crippen LogP contribution in [0, 0.1) is 6.92 Å². The fourth-order valence-corrected chi connectivity index (χ4v) is 1.72. The number of aryl methyl sites for hydroxylation is 1. The van der Waals surface area contributed by atoms with Crippen molar-refractivity contribution in [1.29, 1.82) is 0 Å². The number of nitrogens with zero attached hydrogens (tertiary/aromatic N) is 2. The Bertz CT molecular complexity index is 540. The molecule has 1 aromatic heterocycles. The molecule has 1 N–H and O–H groups in total. The zero-order valence-corrected chi connectivity index (χ0v) is 10.5. The summed E-state index contributed by atoms with van der Waals surface area (Å²) in [6.45, 7) is -0.460. The summed E-state index contributed by atoms with van der Waals surface area (Å²) in [4.78, 5) is 3.88. The molecule has 3 nitrogen and oxygen atoms in total. The Hall–Kier alpha value is -1.62. The molecule has 0 unspecified atom stereocenters. The van der Waals surface area contributed by atoms with Crippen LogP contribution in [0.25, 0.3) is 0 Å². The van der Waals surface area contributed by atoms with Gasteiger partial charge < -0.3 is 5.32 Å². The van der Waals surface area contributed by atoms with E-state index in [1.807, 2.05) is 19.1 Å². The third-order valence-corrected chi connectivity index (χ3v) is 2.99. The van der Waals surface area contributed by atoms with E-state index < -0.39 is 6.55 Å². The Morgan fingerprint density at radius 1 is 1.44 bits per heavy atom. The number of hydrogen-bond acceptors (Lipinski definition) is 2. The van der Waals surface area contributed by atoms with E-state index in [1.165, 1.54) is 12.4 Å². The highest BCUT2D eigenvalue weighted by Gasteiger charge is 2.10. The molecule has 0 saturated carbocycles. The van der Waals surface area contributed by atoms with E-state index >= 15 is 0 Å². The Morgan fingerprint density at radius 3 is 2.89 bits per heavy atom. The van der Waals surface area contributed by atoms with Crippen LogP contribution >= 0.6 is 11.6 Å². The summed E-state index contributed by atoms with van der Waals surface area (Å²) < 4.78 is 26.0. The first-order valence-electron chi connectivity index (χ1n) is 5.38. The molecular formula is C12H12ClF2N3. The van der Waals surface area contributed by atoms with Crippen LogP contribution in [-0.2, 0) is 6.54 Å². The third-order valence-electron chi connectivity index (χ3n) is 2.58. The molecule has 6 heteroatoms.